The van der Waals surface area contributed by atoms with Gasteiger partial charge in [-0.25, -0.2) is 11.0 Å². The van der Waals surface area contributed by atoms with E-state index in [-0.39, 0.29) is 0 Å². The van der Waals surface area contributed by atoms with Crippen LogP contribution >= 0.6 is 11.9 Å². The van der Waals surface area contributed by atoms with E-state index in [2.05, 4.69) is 21.7 Å². The number of hydrogen-bond donors (Lipinski definition) is 3. The third-order valence-corrected chi connectivity index (χ3v) is 3.76. The fourth-order valence-corrected chi connectivity index (χ4v) is 2.34. The summed E-state index contributed by atoms with van der Waals surface area (Å²) in [5, 5.41) is 5.52. The lowest BCUT2D eigenvalue weighted by Crippen LogP contribution is -2.29. The highest BCUT2D eigenvalue weighted by atomic mass is 32.2. The second-order valence-electron chi connectivity index (χ2n) is 4.56. The second-order valence-corrected chi connectivity index (χ2v) is 5.53. The molecule has 0 aliphatic heterocycles. The van der Waals surface area contributed by atoms with Gasteiger partial charge in [-0.15, -0.1) is 5.10 Å². The molecule has 0 fully saturated rings. The molecule has 0 amide bonds. The molecule has 0 radical (unpaired) electrons. The van der Waals surface area contributed by atoms with Gasteiger partial charge in [0.15, 0.2) is 5.84 Å². The molecule has 0 aliphatic rings. The van der Waals surface area contributed by atoms with Crippen molar-refractivity contribution in [2.24, 2.45) is 16.7 Å². The minimum absolute atomic E-state index is 0.386. The molecule has 0 spiro atoms. The molecule has 0 aliphatic carbocycles. The van der Waals surface area contributed by atoms with E-state index < -0.39 is 0 Å². The Morgan fingerprint density at radius 2 is 1.91 bits per heavy atom. The number of aromatic nitrogens is 1. The van der Waals surface area contributed by atoms with E-state index in [1.165, 1.54) is 5.12 Å². The lowest BCUT2D eigenvalue weighted by atomic mass is 10.2. The van der Waals surface area contributed by atoms with Crippen LogP contribution in [0.4, 0.5) is 0 Å². The van der Waals surface area contributed by atoms with Gasteiger partial charge < -0.3 is 5.73 Å². The van der Waals surface area contributed by atoms with Gasteiger partial charge in [-0.05, 0) is 41.8 Å². The average molecular weight is 316 g/mol. The molecule has 2 rings (SSSR count). The van der Waals surface area contributed by atoms with E-state index in [1.54, 1.807) is 24.3 Å². The van der Waals surface area contributed by atoms with Gasteiger partial charge in [0, 0.05) is 29.4 Å². The SMILES string of the molecule is CCNSc1ccc(/C(N)=N/N(N)Cc2ccncc2)cc1. The standard InChI is InChI=1S/C15H20N6S/c1-2-19-22-14-5-3-13(4-6-14)15(16)20-21(17)11-12-7-9-18-10-8-12/h3-10,19H,2,11,17H2,1H3,(H2,16,20). The number of rotatable bonds is 7. The second kappa shape index (κ2) is 8.38. The molecule has 2 aromatic rings. The quantitative estimate of drug-likeness (QED) is 0.237. The summed E-state index contributed by atoms with van der Waals surface area (Å²) in [7, 11) is 0. The number of hydrogen-bond acceptors (Lipinski definition) is 6. The smallest absolute Gasteiger partial charge is 0.152 e. The molecule has 0 saturated carbocycles. The normalized spacial score (nSPS) is 11.5. The summed E-state index contributed by atoms with van der Waals surface area (Å²) in [6.07, 6.45) is 3.44. The van der Waals surface area contributed by atoms with Crippen LogP contribution < -0.4 is 16.3 Å². The first-order valence-electron chi connectivity index (χ1n) is 6.94. The zero-order valence-corrected chi connectivity index (χ0v) is 13.3. The predicted octanol–water partition coefficient (Wildman–Crippen LogP) is 1.69. The number of pyridine rings is 1. The van der Waals surface area contributed by atoms with Crippen molar-refractivity contribution in [3.63, 3.8) is 0 Å². The first-order valence-corrected chi connectivity index (χ1v) is 7.76. The molecule has 1 aromatic heterocycles. The lowest BCUT2D eigenvalue weighted by molar-refractivity contribution is 0.290. The molecule has 1 aromatic carbocycles. The first-order chi connectivity index (χ1) is 10.7. The number of nitrogens with one attached hydrogen (secondary N) is 1. The van der Waals surface area contributed by atoms with Crippen LogP contribution in [-0.4, -0.2) is 22.5 Å². The summed E-state index contributed by atoms with van der Waals surface area (Å²) in [6, 6.07) is 11.6. The Hall–Kier alpha value is -2.09. The highest BCUT2D eigenvalue weighted by molar-refractivity contribution is 7.97. The Morgan fingerprint density at radius 1 is 1.23 bits per heavy atom. The zero-order chi connectivity index (χ0) is 15.8. The topological polar surface area (TPSA) is 92.6 Å². The molecule has 0 saturated heterocycles. The Morgan fingerprint density at radius 3 is 2.55 bits per heavy atom. The summed E-state index contributed by atoms with van der Waals surface area (Å²) in [4.78, 5) is 5.09. The number of hydrazone groups is 1. The number of nitrogens with zero attached hydrogens (tertiary/aromatic N) is 3. The Labute approximate surface area is 134 Å². The number of hydrazine groups is 1. The molecule has 5 N–H and O–H groups in total. The maximum atomic E-state index is 5.99. The van der Waals surface area contributed by atoms with Crippen molar-refractivity contribution in [2.75, 3.05) is 6.54 Å². The molecule has 0 bridgehead atoms. The minimum Gasteiger partial charge on any atom is -0.382 e. The maximum absolute atomic E-state index is 5.99. The molecular weight excluding hydrogens is 296 g/mol. The average Bonchev–Trinajstić information content (AvgIpc) is 2.54. The van der Waals surface area contributed by atoms with Gasteiger partial charge in [-0.2, -0.15) is 0 Å². The third kappa shape index (κ3) is 5.03. The summed E-state index contributed by atoms with van der Waals surface area (Å²) < 4.78 is 3.19. The lowest BCUT2D eigenvalue weighted by Gasteiger charge is -2.13. The van der Waals surface area contributed by atoms with Crippen LogP contribution in [0.1, 0.15) is 18.1 Å². The molecule has 116 valence electrons. The van der Waals surface area contributed by atoms with Crippen LogP contribution in [0.5, 0.6) is 0 Å². The molecule has 22 heavy (non-hydrogen) atoms. The summed E-state index contributed by atoms with van der Waals surface area (Å²) in [6.45, 7) is 3.44. The molecule has 0 unspecified atom stereocenters. The van der Waals surface area contributed by atoms with Gasteiger partial charge in [-0.3, -0.25) is 9.71 Å². The van der Waals surface area contributed by atoms with E-state index in [9.17, 15) is 0 Å². The first kappa shape index (κ1) is 16.3. The van der Waals surface area contributed by atoms with Gasteiger partial charge in [0.1, 0.15) is 0 Å². The van der Waals surface area contributed by atoms with Gasteiger partial charge in [-0.1, -0.05) is 19.1 Å². The van der Waals surface area contributed by atoms with Crippen LogP contribution in [0.15, 0.2) is 58.8 Å². The van der Waals surface area contributed by atoms with Gasteiger partial charge in [0.2, 0.25) is 0 Å². The van der Waals surface area contributed by atoms with Crippen molar-refractivity contribution >= 4 is 17.8 Å². The summed E-state index contributed by atoms with van der Waals surface area (Å²) in [5.74, 6) is 6.26. The molecule has 6 nitrogen and oxygen atoms in total. The van der Waals surface area contributed by atoms with Crippen LogP contribution in [0, 0.1) is 0 Å². The van der Waals surface area contributed by atoms with Crippen molar-refractivity contribution in [2.45, 2.75) is 18.4 Å². The Balaban J connectivity index is 1.98. The number of amidine groups is 1. The highest BCUT2D eigenvalue weighted by Gasteiger charge is 2.03. The van der Waals surface area contributed by atoms with Crippen LogP contribution in [0.25, 0.3) is 0 Å². The van der Waals surface area contributed by atoms with Gasteiger partial charge in [0.05, 0.1) is 6.54 Å². The van der Waals surface area contributed by atoms with Crippen molar-refractivity contribution in [3.8, 4) is 0 Å². The van der Waals surface area contributed by atoms with Crippen LogP contribution in [0.3, 0.4) is 0 Å². The van der Waals surface area contributed by atoms with E-state index >= 15 is 0 Å². The monoisotopic (exact) mass is 316 g/mol. The van der Waals surface area contributed by atoms with Crippen LogP contribution in [0.2, 0.25) is 0 Å². The Bertz CT molecular complexity index is 599. The predicted molar refractivity (Wildman–Crippen MR) is 90.7 cm³/mol. The van der Waals surface area contributed by atoms with Gasteiger partial charge in [0.25, 0.3) is 0 Å². The zero-order valence-electron chi connectivity index (χ0n) is 12.4. The number of benzene rings is 1. The maximum Gasteiger partial charge on any atom is 0.152 e. The van der Waals surface area contributed by atoms with E-state index in [1.807, 2.05) is 36.4 Å². The summed E-state index contributed by atoms with van der Waals surface area (Å²) >= 11 is 1.58. The number of nitrogens with two attached hydrogens (primary N) is 2. The minimum atomic E-state index is 0.386. The van der Waals surface area contributed by atoms with E-state index in [4.69, 9.17) is 11.6 Å². The third-order valence-electron chi connectivity index (χ3n) is 2.81. The fraction of sp³-hybridized carbons (Fsp3) is 0.200. The highest BCUT2D eigenvalue weighted by Crippen LogP contribution is 2.15. The largest absolute Gasteiger partial charge is 0.382 e. The molecule has 0 atom stereocenters. The van der Waals surface area contributed by atoms with Crippen molar-refractivity contribution in [3.05, 3.63) is 59.9 Å². The molecule has 1 heterocycles. The fourth-order valence-electron chi connectivity index (χ4n) is 1.76. The van der Waals surface area contributed by atoms with Crippen molar-refractivity contribution < 1.29 is 0 Å². The Kier molecular flexibility index (Phi) is 6.20. The van der Waals surface area contributed by atoms with Crippen LogP contribution in [-0.2, 0) is 6.54 Å². The summed E-state index contributed by atoms with van der Waals surface area (Å²) in [5.41, 5.74) is 7.85. The molecule has 7 heteroatoms. The van der Waals surface area contributed by atoms with Gasteiger partial charge >= 0.3 is 0 Å². The van der Waals surface area contributed by atoms with E-state index in [0.717, 1.165) is 22.6 Å². The molecular formula is C15H20N6S. The van der Waals surface area contributed by atoms with Crippen molar-refractivity contribution in [1.29, 1.82) is 0 Å². The van der Waals surface area contributed by atoms with E-state index in [0.29, 0.717) is 12.4 Å². The van der Waals surface area contributed by atoms with Crippen molar-refractivity contribution in [1.82, 2.24) is 14.8 Å².